The predicted octanol–water partition coefficient (Wildman–Crippen LogP) is 3.48. The van der Waals surface area contributed by atoms with E-state index in [-0.39, 0.29) is 6.79 Å². The van der Waals surface area contributed by atoms with Gasteiger partial charge < -0.3 is 9.47 Å². The van der Waals surface area contributed by atoms with Gasteiger partial charge in [0.1, 0.15) is 5.75 Å². The SMILES string of the molecule is O=S(=O)(c1ccc(Br)cc1)N1CCN(Cc2cc(Cl)cc3c2OCOC3)CC1. The van der Waals surface area contributed by atoms with Gasteiger partial charge in [-0.3, -0.25) is 4.90 Å². The molecule has 9 heteroatoms. The van der Waals surface area contributed by atoms with Crippen molar-refractivity contribution in [2.75, 3.05) is 33.0 Å². The molecule has 2 aromatic carbocycles. The average Bonchev–Trinajstić information content (AvgIpc) is 2.68. The van der Waals surface area contributed by atoms with Crippen LogP contribution in [0.5, 0.6) is 5.75 Å². The third kappa shape index (κ3) is 4.22. The van der Waals surface area contributed by atoms with E-state index >= 15 is 0 Å². The number of sulfonamides is 1. The van der Waals surface area contributed by atoms with Gasteiger partial charge in [-0.05, 0) is 36.4 Å². The van der Waals surface area contributed by atoms with Crippen LogP contribution >= 0.6 is 27.5 Å². The molecule has 0 unspecified atom stereocenters. The molecule has 0 aromatic heterocycles. The molecule has 4 rings (SSSR count). The Morgan fingerprint density at radius 2 is 1.79 bits per heavy atom. The largest absolute Gasteiger partial charge is 0.467 e. The molecule has 2 heterocycles. The third-order valence-corrected chi connectivity index (χ3v) is 7.59. The van der Waals surface area contributed by atoms with E-state index in [9.17, 15) is 8.42 Å². The maximum Gasteiger partial charge on any atom is 0.243 e. The molecule has 2 aliphatic rings. The highest BCUT2D eigenvalue weighted by atomic mass is 79.9. The Hall–Kier alpha value is -1.16. The van der Waals surface area contributed by atoms with E-state index in [1.807, 2.05) is 12.1 Å². The number of fused-ring (bicyclic) bond motifs is 1. The first-order chi connectivity index (χ1) is 13.4. The van der Waals surface area contributed by atoms with E-state index < -0.39 is 10.0 Å². The average molecular weight is 488 g/mol. The van der Waals surface area contributed by atoms with Crippen LogP contribution in [0.15, 0.2) is 45.8 Å². The number of ether oxygens (including phenoxy) is 2. The summed E-state index contributed by atoms with van der Waals surface area (Å²) in [5, 5.41) is 0.652. The summed E-state index contributed by atoms with van der Waals surface area (Å²) in [5.74, 6) is 0.834. The lowest BCUT2D eigenvalue weighted by atomic mass is 10.1. The highest BCUT2D eigenvalue weighted by Gasteiger charge is 2.29. The zero-order valence-electron chi connectivity index (χ0n) is 15.1. The van der Waals surface area contributed by atoms with Gasteiger partial charge in [-0.1, -0.05) is 27.5 Å². The van der Waals surface area contributed by atoms with Crippen LogP contribution in [-0.4, -0.2) is 50.6 Å². The molecule has 0 amide bonds. The van der Waals surface area contributed by atoms with Crippen molar-refractivity contribution in [1.82, 2.24) is 9.21 Å². The molecule has 2 aromatic rings. The Balaban J connectivity index is 1.44. The molecule has 2 aliphatic heterocycles. The zero-order chi connectivity index (χ0) is 19.7. The Bertz CT molecular complexity index is 961. The van der Waals surface area contributed by atoms with Crippen molar-refractivity contribution in [3.05, 3.63) is 57.0 Å². The maximum absolute atomic E-state index is 12.8. The summed E-state index contributed by atoms with van der Waals surface area (Å²) in [4.78, 5) is 2.54. The van der Waals surface area contributed by atoms with E-state index in [1.54, 1.807) is 28.6 Å². The van der Waals surface area contributed by atoms with Gasteiger partial charge in [0.05, 0.1) is 11.5 Å². The van der Waals surface area contributed by atoms with Crippen molar-refractivity contribution in [2.24, 2.45) is 0 Å². The van der Waals surface area contributed by atoms with Gasteiger partial charge in [0, 0.05) is 53.3 Å². The number of hydrogen-bond donors (Lipinski definition) is 0. The van der Waals surface area contributed by atoms with E-state index in [1.165, 1.54) is 0 Å². The molecule has 6 nitrogen and oxygen atoms in total. The van der Waals surface area contributed by atoms with Crippen LogP contribution in [0.25, 0.3) is 0 Å². The minimum absolute atomic E-state index is 0.237. The second-order valence-electron chi connectivity index (χ2n) is 6.80. The summed E-state index contributed by atoms with van der Waals surface area (Å²) in [7, 11) is -3.47. The zero-order valence-corrected chi connectivity index (χ0v) is 18.3. The van der Waals surface area contributed by atoms with E-state index in [4.69, 9.17) is 21.1 Å². The summed E-state index contributed by atoms with van der Waals surface area (Å²) in [6.45, 7) is 3.58. The summed E-state index contributed by atoms with van der Waals surface area (Å²) in [6, 6.07) is 10.5. The summed E-state index contributed by atoms with van der Waals surface area (Å²) in [6.07, 6.45) is 0. The fraction of sp³-hybridized carbons (Fsp3) is 0.368. The Morgan fingerprint density at radius 1 is 1.07 bits per heavy atom. The lowest BCUT2D eigenvalue weighted by Gasteiger charge is -2.34. The van der Waals surface area contributed by atoms with E-state index in [2.05, 4.69) is 20.8 Å². The van der Waals surface area contributed by atoms with Crippen LogP contribution in [0.1, 0.15) is 11.1 Å². The lowest BCUT2D eigenvalue weighted by molar-refractivity contribution is -0.0175. The predicted molar refractivity (Wildman–Crippen MR) is 110 cm³/mol. The van der Waals surface area contributed by atoms with Gasteiger partial charge in [-0.15, -0.1) is 0 Å². The quantitative estimate of drug-likeness (QED) is 0.661. The molecule has 0 aliphatic carbocycles. The number of benzene rings is 2. The van der Waals surface area contributed by atoms with Crippen LogP contribution in [0, 0.1) is 0 Å². The molecule has 28 heavy (non-hydrogen) atoms. The first-order valence-corrected chi connectivity index (χ1v) is 11.5. The minimum atomic E-state index is -3.47. The minimum Gasteiger partial charge on any atom is -0.467 e. The van der Waals surface area contributed by atoms with Crippen molar-refractivity contribution in [2.45, 2.75) is 18.0 Å². The van der Waals surface area contributed by atoms with Crippen LogP contribution in [0.4, 0.5) is 0 Å². The standard InChI is InChI=1S/C19H20BrClN2O4S/c20-16-1-3-18(4-2-16)28(24,25)23-7-5-22(6-8-23)11-14-9-17(21)10-15-12-26-13-27-19(14)15/h1-4,9-10H,5-8,11-13H2. The molecule has 150 valence electrons. The highest BCUT2D eigenvalue weighted by molar-refractivity contribution is 9.10. The van der Waals surface area contributed by atoms with Crippen molar-refractivity contribution in [3.8, 4) is 5.75 Å². The second-order valence-corrected chi connectivity index (χ2v) is 10.1. The molecule has 0 saturated carbocycles. The molecule has 0 bridgehead atoms. The van der Waals surface area contributed by atoms with Gasteiger partial charge in [-0.2, -0.15) is 4.31 Å². The molecule has 0 spiro atoms. The van der Waals surface area contributed by atoms with Gasteiger partial charge >= 0.3 is 0 Å². The summed E-state index contributed by atoms with van der Waals surface area (Å²) < 4.78 is 39.1. The normalized spacial score (nSPS) is 18.5. The molecule has 1 saturated heterocycles. The van der Waals surface area contributed by atoms with Crippen molar-refractivity contribution in [1.29, 1.82) is 0 Å². The first-order valence-electron chi connectivity index (χ1n) is 8.93. The highest BCUT2D eigenvalue weighted by Crippen LogP contribution is 2.32. The Morgan fingerprint density at radius 3 is 2.50 bits per heavy atom. The molecule has 1 fully saturated rings. The monoisotopic (exact) mass is 486 g/mol. The van der Waals surface area contributed by atoms with Gasteiger partial charge in [0.25, 0.3) is 0 Å². The van der Waals surface area contributed by atoms with Crippen LogP contribution in [0.2, 0.25) is 5.02 Å². The van der Waals surface area contributed by atoms with Crippen molar-refractivity contribution in [3.63, 3.8) is 0 Å². The maximum atomic E-state index is 12.8. The lowest BCUT2D eigenvalue weighted by Crippen LogP contribution is -2.48. The fourth-order valence-electron chi connectivity index (χ4n) is 3.50. The van der Waals surface area contributed by atoms with Gasteiger partial charge in [0.15, 0.2) is 6.79 Å². The number of hydrogen-bond acceptors (Lipinski definition) is 5. The van der Waals surface area contributed by atoms with Crippen LogP contribution < -0.4 is 4.74 Å². The van der Waals surface area contributed by atoms with Gasteiger partial charge in [0.2, 0.25) is 10.0 Å². The molecule has 0 radical (unpaired) electrons. The Kier molecular flexibility index (Phi) is 5.96. The number of rotatable bonds is 4. The molecule has 0 N–H and O–H groups in total. The Labute approximate surface area is 178 Å². The fourth-order valence-corrected chi connectivity index (χ4v) is 5.45. The first kappa shape index (κ1) is 20.1. The molecular formula is C19H20BrClN2O4S. The summed E-state index contributed by atoms with van der Waals surface area (Å²) >= 11 is 9.58. The van der Waals surface area contributed by atoms with E-state index in [0.717, 1.165) is 21.3 Å². The van der Waals surface area contributed by atoms with Crippen molar-refractivity contribution >= 4 is 37.6 Å². The third-order valence-electron chi connectivity index (χ3n) is 4.93. The topological polar surface area (TPSA) is 59.1 Å². The number of halogens is 2. The van der Waals surface area contributed by atoms with Crippen LogP contribution in [0.3, 0.4) is 0 Å². The second kappa shape index (κ2) is 8.30. The van der Waals surface area contributed by atoms with Crippen LogP contribution in [-0.2, 0) is 27.9 Å². The smallest absolute Gasteiger partial charge is 0.243 e. The van der Waals surface area contributed by atoms with Crippen molar-refractivity contribution < 1.29 is 17.9 Å². The number of nitrogens with zero attached hydrogens (tertiary/aromatic N) is 2. The van der Waals surface area contributed by atoms with Gasteiger partial charge in [-0.25, -0.2) is 8.42 Å². The number of piperazine rings is 1. The molecule has 0 atom stereocenters. The summed E-state index contributed by atoms with van der Waals surface area (Å²) in [5.41, 5.74) is 1.96. The van der Waals surface area contributed by atoms with E-state index in [0.29, 0.717) is 49.2 Å². The molecular weight excluding hydrogens is 468 g/mol.